The largest absolute Gasteiger partial charge is 0.496 e. The Kier molecular flexibility index (Phi) is 7.52. The number of hydrogen-bond donors (Lipinski definition) is 1. The van der Waals surface area contributed by atoms with Crippen LogP contribution in [-0.2, 0) is 9.59 Å². The van der Waals surface area contributed by atoms with Crippen LogP contribution in [0.25, 0.3) is 11.1 Å². The maximum Gasteiger partial charge on any atom is 0.315 e. The van der Waals surface area contributed by atoms with Crippen LogP contribution in [0.5, 0.6) is 17.2 Å². The molecule has 0 saturated heterocycles. The van der Waals surface area contributed by atoms with Gasteiger partial charge in [0.15, 0.2) is 0 Å². The van der Waals surface area contributed by atoms with E-state index in [4.69, 9.17) is 19.5 Å². The van der Waals surface area contributed by atoms with Crippen molar-refractivity contribution < 1.29 is 28.9 Å². The van der Waals surface area contributed by atoms with Crippen LogP contribution in [-0.4, -0.2) is 31.3 Å². The molecule has 1 aliphatic rings. The van der Waals surface area contributed by atoms with Crippen LogP contribution in [0.4, 0.5) is 0 Å². The number of methoxy groups -OCH3 is 2. The second kappa shape index (κ2) is 11.3. The Morgan fingerprint density at radius 3 is 1.70 bits per heavy atom. The van der Waals surface area contributed by atoms with Crippen molar-refractivity contribution >= 4 is 11.9 Å². The first-order valence-electron chi connectivity index (χ1n) is 12.8. The van der Waals surface area contributed by atoms with Gasteiger partial charge in [-0.1, -0.05) is 66.7 Å². The third kappa shape index (κ3) is 4.76. The zero-order valence-electron chi connectivity index (χ0n) is 22.0. The van der Waals surface area contributed by atoms with Crippen molar-refractivity contribution in [3.05, 3.63) is 114 Å². The minimum Gasteiger partial charge on any atom is -0.496 e. The van der Waals surface area contributed by atoms with Gasteiger partial charge in [-0.05, 0) is 47.0 Å². The molecule has 0 spiro atoms. The minimum atomic E-state index is -1.02. The van der Waals surface area contributed by atoms with E-state index in [0.717, 1.165) is 5.56 Å². The SMILES string of the molecule is COc1ccccc1C1[C@@H](C(=O)O)[C@@H](c2ccccc2OC)[C@H]1C(=O)Oc1ccccc1-c1ccc(C#N)cc1. The standard InChI is InChI=1S/C33H27NO6/c1-38-25-12-6-4-10-23(25)28-30(32(35)36)29(24-11-5-7-13-26(24)39-2)31(28)33(37)40-27-14-8-3-9-22(27)21-17-15-20(19-34)16-18-21/h3-18,28-31H,1-2H3,(H,35,36)/t28-,29?,30+,31-/m1/s1. The first-order valence-corrected chi connectivity index (χ1v) is 12.8. The normalized spacial score (nSPS) is 19.5. The fourth-order valence-corrected chi connectivity index (χ4v) is 5.70. The number of carbonyl (C=O) groups excluding carboxylic acids is 1. The molecule has 200 valence electrons. The average molecular weight is 534 g/mol. The lowest BCUT2D eigenvalue weighted by molar-refractivity contribution is -0.158. The summed E-state index contributed by atoms with van der Waals surface area (Å²) in [6.45, 7) is 0. The highest BCUT2D eigenvalue weighted by Crippen LogP contribution is 2.60. The highest BCUT2D eigenvalue weighted by Gasteiger charge is 2.60. The molecule has 4 aromatic rings. The van der Waals surface area contributed by atoms with Crippen molar-refractivity contribution in [2.75, 3.05) is 14.2 Å². The number of benzene rings is 4. The van der Waals surface area contributed by atoms with Crippen LogP contribution >= 0.6 is 0 Å². The third-order valence-electron chi connectivity index (χ3n) is 7.52. The first-order chi connectivity index (χ1) is 19.5. The summed E-state index contributed by atoms with van der Waals surface area (Å²) in [7, 11) is 3.04. The molecule has 7 nitrogen and oxygen atoms in total. The molecule has 1 unspecified atom stereocenters. The van der Waals surface area contributed by atoms with Gasteiger partial charge in [0.1, 0.15) is 17.2 Å². The Hall–Kier alpha value is -5.09. The van der Waals surface area contributed by atoms with Crippen LogP contribution in [0, 0.1) is 23.2 Å². The van der Waals surface area contributed by atoms with Crippen LogP contribution < -0.4 is 14.2 Å². The molecule has 0 heterocycles. The van der Waals surface area contributed by atoms with Crippen LogP contribution in [0.3, 0.4) is 0 Å². The van der Waals surface area contributed by atoms with Gasteiger partial charge in [-0.25, -0.2) is 0 Å². The van der Waals surface area contributed by atoms with Gasteiger partial charge in [-0.15, -0.1) is 0 Å². The summed E-state index contributed by atoms with van der Waals surface area (Å²) < 4.78 is 17.2. The molecule has 1 N–H and O–H groups in total. The molecule has 0 aromatic heterocycles. The predicted molar refractivity (Wildman–Crippen MR) is 148 cm³/mol. The second-order valence-corrected chi connectivity index (χ2v) is 9.53. The van der Waals surface area contributed by atoms with Gasteiger partial charge in [0.2, 0.25) is 0 Å². The van der Waals surface area contributed by atoms with E-state index in [1.54, 1.807) is 84.9 Å². The van der Waals surface area contributed by atoms with E-state index >= 15 is 0 Å². The van der Waals surface area contributed by atoms with Crippen LogP contribution in [0.2, 0.25) is 0 Å². The van der Waals surface area contributed by atoms with Gasteiger partial charge >= 0.3 is 11.9 Å². The van der Waals surface area contributed by atoms with Crippen molar-refractivity contribution in [1.29, 1.82) is 5.26 Å². The second-order valence-electron chi connectivity index (χ2n) is 9.53. The van der Waals surface area contributed by atoms with Gasteiger partial charge < -0.3 is 19.3 Å². The van der Waals surface area contributed by atoms with Crippen molar-refractivity contribution in [3.63, 3.8) is 0 Å². The summed E-state index contributed by atoms with van der Waals surface area (Å²) >= 11 is 0. The van der Waals surface area contributed by atoms with Crippen molar-refractivity contribution in [2.45, 2.75) is 11.8 Å². The molecular formula is C33H27NO6. The van der Waals surface area contributed by atoms with E-state index in [9.17, 15) is 14.7 Å². The van der Waals surface area contributed by atoms with Gasteiger partial charge in [-0.3, -0.25) is 9.59 Å². The lowest BCUT2D eigenvalue weighted by atomic mass is 9.52. The number of ether oxygens (including phenoxy) is 3. The molecule has 0 aliphatic heterocycles. The van der Waals surface area contributed by atoms with E-state index in [0.29, 0.717) is 39.5 Å². The van der Waals surface area contributed by atoms with E-state index in [1.807, 2.05) is 12.1 Å². The molecule has 0 amide bonds. The number of carboxylic acid groups (broad SMARTS) is 1. The molecule has 0 bridgehead atoms. The van der Waals surface area contributed by atoms with E-state index in [1.165, 1.54) is 14.2 Å². The quantitative estimate of drug-likeness (QED) is 0.217. The number of nitrogens with zero attached hydrogens (tertiary/aromatic N) is 1. The monoisotopic (exact) mass is 533 g/mol. The Morgan fingerprint density at radius 2 is 1.20 bits per heavy atom. The van der Waals surface area contributed by atoms with Crippen molar-refractivity contribution in [1.82, 2.24) is 0 Å². The van der Waals surface area contributed by atoms with Crippen LogP contribution in [0.1, 0.15) is 28.5 Å². The van der Waals surface area contributed by atoms with Gasteiger partial charge in [0.25, 0.3) is 0 Å². The number of carboxylic acids is 1. The topological polar surface area (TPSA) is 106 Å². The van der Waals surface area contributed by atoms with Gasteiger partial charge in [-0.2, -0.15) is 5.26 Å². The smallest absolute Gasteiger partial charge is 0.315 e. The molecule has 5 rings (SSSR count). The summed E-state index contributed by atoms with van der Waals surface area (Å²) in [6, 6.07) is 30.5. The predicted octanol–water partition coefficient (Wildman–Crippen LogP) is 6.05. The summed E-state index contributed by atoms with van der Waals surface area (Å²) in [5.41, 5.74) is 3.24. The summed E-state index contributed by atoms with van der Waals surface area (Å²) in [5, 5.41) is 19.6. The van der Waals surface area contributed by atoms with Crippen molar-refractivity contribution in [2.24, 2.45) is 11.8 Å². The average Bonchev–Trinajstić information content (AvgIpc) is 2.97. The lowest BCUT2D eigenvalue weighted by Gasteiger charge is -2.49. The number of nitriles is 1. The maximum atomic E-state index is 14.1. The zero-order valence-corrected chi connectivity index (χ0v) is 22.0. The highest BCUT2D eigenvalue weighted by molar-refractivity contribution is 5.87. The minimum absolute atomic E-state index is 0.341. The molecule has 0 radical (unpaired) electrons. The Bertz CT molecular complexity index is 1530. The summed E-state index contributed by atoms with van der Waals surface area (Å²) in [6.07, 6.45) is 0. The highest BCUT2D eigenvalue weighted by atomic mass is 16.5. The molecule has 4 aromatic carbocycles. The number of carbonyl (C=O) groups is 2. The number of aliphatic carboxylic acids is 1. The molecule has 4 atom stereocenters. The third-order valence-corrected chi connectivity index (χ3v) is 7.52. The fourth-order valence-electron chi connectivity index (χ4n) is 5.70. The molecule has 1 fully saturated rings. The molecule has 1 saturated carbocycles. The van der Waals surface area contributed by atoms with Crippen molar-refractivity contribution in [3.8, 4) is 34.4 Å². The van der Waals surface area contributed by atoms with Crippen LogP contribution in [0.15, 0.2) is 97.1 Å². The van der Waals surface area contributed by atoms with E-state index in [2.05, 4.69) is 6.07 Å². The maximum absolute atomic E-state index is 14.1. The van der Waals surface area contributed by atoms with Gasteiger partial charge in [0.05, 0.1) is 37.7 Å². The number of rotatable bonds is 8. The fraction of sp³-hybridized carbons (Fsp3) is 0.182. The first kappa shape index (κ1) is 26.5. The molecule has 7 heteroatoms. The van der Waals surface area contributed by atoms with E-state index < -0.39 is 35.6 Å². The van der Waals surface area contributed by atoms with Gasteiger partial charge in [0, 0.05) is 17.4 Å². The Labute approximate surface area is 232 Å². The Morgan fingerprint density at radius 1 is 0.700 bits per heavy atom. The number of hydrogen-bond acceptors (Lipinski definition) is 6. The Balaban J connectivity index is 1.59. The summed E-state index contributed by atoms with van der Waals surface area (Å²) in [4.78, 5) is 26.8. The van der Waals surface area contributed by atoms with E-state index in [-0.39, 0.29) is 0 Å². The molecule has 1 aliphatic carbocycles. The lowest BCUT2D eigenvalue weighted by Crippen LogP contribution is -2.52. The summed E-state index contributed by atoms with van der Waals surface area (Å²) in [5.74, 6) is -3.35. The number of para-hydroxylation sites is 3. The zero-order chi connectivity index (χ0) is 28.2. The molecular weight excluding hydrogens is 506 g/mol. The molecule has 40 heavy (non-hydrogen) atoms. The number of esters is 1.